The van der Waals surface area contributed by atoms with Crippen molar-refractivity contribution in [3.63, 3.8) is 0 Å². The van der Waals surface area contributed by atoms with Gasteiger partial charge < -0.3 is 19.9 Å². The van der Waals surface area contributed by atoms with Crippen molar-refractivity contribution in [2.24, 2.45) is 0 Å². The van der Waals surface area contributed by atoms with Crippen molar-refractivity contribution in [1.82, 2.24) is 14.5 Å². The van der Waals surface area contributed by atoms with Crippen molar-refractivity contribution in [3.05, 3.63) is 58.3 Å². The molecule has 0 saturated carbocycles. The van der Waals surface area contributed by atoms with Gasteiger partial charge in [0.15, 0.2) is 0 Å². The predicted octanol–water partition coefficient (Wildman–Crippen LogP) is 5.48. The number of carbonyl (C=O) groups is 1. The van der Waals surface area contributed by atoms with E-state index in [2.05, 4.69) is 16.9 Å². The molecule has 4 heterocycles. The molecule has 1 amide bonds. The fraction of sp³-hybridized carbons (Fsp3) is 0.333. The van der Waals surface area contributed by atoms with Crippen LogP contribution >= 0.6 is 23.1 Å². The van der Waals surface area contributed by atoms with Gasteiger partial charge in [-0.05, 0) is 23.8 Å². The van der Waals surface area contributed by atoms with Gasteiger partial charge >= 0.3 is 11.9 Å². The second kappa shape index (κ2) is 11.7. The lowest BCUT2D eigenvalue weighted by molar-refractivity contribution is -0.137. The molecule has 0 spiro atoms. The lowest BCUT2D eigenvalue weighted by atomic mass is 9.92. The van der Waals surface area contributed by atoms with E-state index in [1.165, 1.54) is 23.8 Å². The number of rotatable bonds is 6. The van der Waals surface area contributed by atoms with Crippen LogP contribution in [0, 0.1) is 17.1 Å². The van der Waals surface area contributed by atoms with Gasteiger partial charge in [-0.3, -0.25) is 9.36 Å². The molecule has 0 radical (unpaired) electrons. The molecule has 1 unspecified atom stereocenters. The number of methoxy groups -OCH3 is 1. The summed E-state index contributed by atoms with van der Waals surface area (Å²) in [6.07, 6.45) is -3.67. The minimum absolute atomic E-state index is 0.0326. The van der Waals surface area contributed by atoms with Crippen LogP contribution < -0.4 is 15.9 Å². The highest BCUT2D eigenvalue weighted by atomic mass is 32.2. The second-order valence-electron chi connectivity index (χ2n) is 10.5. The molecule has 234 valence electrons. The highest BCUT2D eigenvalue weighted by Gasteiger charge is 2.40. The highest BCUT2D eigenvalue weighted by Crippen LogP contribution is 2.52. The van der Waals surface area contributed by atoms with Crippen molar-refractivity contribution in [2.75, 3.05) is 62.9 Å². The fourth-order valence-electron chi connectivity index (χ4n) is 6.07. The molecule has 4 aromatic rings. The number of thioether (sulfide) groups is 1. The van der Waals surface area contributed by atoms with E-state index < -0.39 is 29.3 Å². The minimum Gasteiger partial charge on any atom is -0.383 e. The van der Waals surface area contributed by atoms with Crippen LogP contribution in [-0.4, -0.2) is 73.1 Å². The van der Waals surface area contributed by atoms with Crippen LogP contribution in [0.2, 0.25) is 0 Å². The number of nitriles is 1. The third kappa shape index (κ3) is 5.01. The van der Waals surface area contributed by atoms with E-state index in [1.807, 2.05) is 6.07 Å². The fourth-order valence-corrected chi connectivity index (χ4v) is 8.42. The average Bonchev–Trinajstić information content (AvgIpc) is 3.42. The summed E-state index contributed by atoms with van der Waals surface area (Å²) in [5.41, 5.74) is -1.54. The Hall–Kier alpha value is -4.13. The Kier molecular flexibility index (Phi) is 8.00. The molecular formula is C30H26F4N6O3S2. The number of piperazine rings is 1. The topological polar surface area (TPSA) is 103 Å². The number of benzene rings is 2. The van der Waals surface area contributed by atoms with Crippen LogP contribution in [0.3, 0.4) is 0 Å². The first kappa shape index (κ1) is 30.9. The largest absolute Gasteiger partial charge is 0.417 e. The summed E-state index contributed by atoms with van der Waals surface area (Å²) in [4.78, 5) is 33.6. The summed E-state index contributed by atoms with van der Waals surface area (Å²) in [5.74, 6) is -0.623. The molecule has 1 fully saturated rings. The maximum Gasteiger partial charge on any atom is 0.417 e. The number of ether oxygens (including phenoxy) is 1. The standard InChI is InChI=1S/C30H26F4N6O3S2/c1-4-21(41)38-7-9-39(10-8-38)27-17-11-19(30(32,33)34)23(26-24(17)40(29(42)37-27)15(13-43-3)14-44-26)16-5-6-20(31)25-22(16)18(12-35)28(36-2)45-25/h4-6,11,15,36H,1,7-10,13-14H2,2-3H3. The van der Waals surface area contributed by atoms with Crippen molar-refractivity contribution < 1.29 is 27.1 Å². The number of fused-ring (bicyclic) bond motifs is 1. The average molecular weight is 659 g/mol. The lowest BCUT2D eigenvalue weighted by Gasteiger charge is -2.36. The predicted molar refractivity (Wildman–Crippen MR) is 167 cm³/mol. The Morgan fingerprint density at radius 1 is 1.29 bits per heavy atom. The van der Waals surface area contributed by atoms with E-state index in [-0.39, 0.29) is 92.8 Å². The van der Waals surface area contributed by atoms with E-state index in [0.29, 0.717) is 5.00 Å². The molecular weight excluding hydrogens is 632 g/mol. The molecule has 1 saturated heterocycles. The summed E-state index contributed by atoms with van der Waals surface area (Å²) in [6.45, 7) is 4.65. The highest BCUT2D eigenvalue weighted by molar-refractivity contribution is 7.99. The summed E-state index contributed by atoms with van der Waals surface area (Å²) in [7, 11) is 3.03. The molecule has 1 N–H and O–H groups in total. The van der Waals surface area contributed by atoms with Crippen LogP contribution in [0.5, 0.6) is 0 Å². The third-order valence-corrected chi connectivity index (χ3v) is 10.5. The first-order valence-electron chi connectivity index (χ1n) is 13.9. The minimum atomic E-state index is -4.87. The summed E-state index contributed by atoms with van der Waals surface area (Å²) in [6, 6.07) is 4.88. The van der Waals surface area contributed by atoms with Crippen LogP contribution in [0.15, 0.2) is 40.5 Å². The van der Waals surface area contributed by atoms with Gasteiger partial charge in [-0.1, -0.05) is 12.6 Å². The number of nitrogens with zero attached hydrogens (tertiary/aromatic N) is 5. The Labute approximate surface area is 262 Å². The number of halogens is 4. The van der Waals surface area contributed by atoms with Gasteiger partial charge in [0.05, 0.1) is 34.0 Å². The number of hydrogen-bond acceptors (Lipinski definition) is 9. The van der Waals surface area contributed by atoms with Gasteiger partial charge in [-0.25, -0.2) is 9.18 Å². The zero-order valence-electron chi connectivity index (χ0n) is 24.1. The Bertz CT molecular complexity index is 1980. The summed E-state index contributed by atoms with van der Waals surface area (Å²) >= 11 is 2.10. The maximum absolute atomic E-state index is 15.1. The van der Waals surface area contributed by atoms with E-state index in [1.54, 1.807) is 16.8 Å². The zero-order valence-corrected chi connectivity index (χ0v) is 25.8. The number of alkyl halides is 3. The van der Waals surface area contributed by atoms with Crippen LogP contribution in [0.1, 0.15) is 17.2 Å². The molecule has 2 aliphatic rings. The van der Waals surface area contributed by atoms with Crippen molar-refractivity contribution in [3.8, 4) is 17.2 Å². The second-order valence-corrected chi connectivity index (χ2v) is 12.6. The first-order chi connectivity index (χ1) is 21.5. The molecule has 2 aliphatic heterocycles. The van der Waals surface area contributed by atoms with Crippen molar-refractivity contribution in [2.45, 2.75) is 17.1 Å². The molecule has 2 aromatic carbocycles. The van der Waals surface area contributed by atoms with Gasteiger partial charge in [0.2, 0.25) is 5.91 Å². The molecule has 9 nitrogen and oxygen atoms in total. The molecule has 6 rings (SSSR count). The third-order valence-electron chi connectivity index (χ3n) is 8.06. The van der Waals surface area contributed by atoms with Crippen molar-refractivity contribution >= 4 is 60.8 Å². The molecule has 1 atom stereocenters. The Morgan fingerprint density at radius 2 is 2.02 bits per heavy atom. The van der Waals surface area contributed by atoms with Crippen LogP contribution in [-0.2, 0) is 15.7 Å². The van der Waals surface area contributed by atoms with Gasteiger partial charge in [0.1, 0.15) is 22.7 Å². The van der Waals surface area contributed by atoms with Crippen LogP contribution in [0.4, 0.5) is 28.4 Å². The van der Waals surface area contributed by atoms with Gasteiger partial charge in [-0.2, -0.15) is 23.4 Å². The Morgan fingerprint density at radius 3 is 2.64 bits per heavy atom. The number of carbonyl (C=O) groups excluding carboxylic acids is 1. The number of anilines is 2. The van der Waals surface area contributed by atoms with Gasteiger partial charge in [-0.15, -0.1) is 23.1 Å². The SMILES string of the molecule is C=CC(=O)N1CCN(c2nc(=O)n3c4c(c(-c5ccc(F)c6sc(NC)c(C#N)c56)c(C(F)(F)F)cc24)SCC3COC)CC1. The molecule has 15 heteroatoms. The van der Waals surface area contributed by atoms with E-state index in [4.69, 9.17) is 4.74 Å². The van der Waals surface area contributed by atoms with E-state index >= 15 is 17.6 Å². The molecule has 2 aromatic heterocycles. The first-order valence-corrected chi connectivity index (χ1v) is 15.7. The lowest BCUT2D eigenvalue weighted by Crippen LogP contribution is -2.49. The number of thiophene rings is 1. The number of amides is 1. The van der Waals surface area contributed by atoms with Crippen LogP contribution in [0.25, 0.3) is 32.1 Å². The normalized spacial score (nSPS) is 16.7. The number of aromatic nitrogens is 2. The monoisotopic (exact) mass is 658 g/mol. The zero-order chi connectivity index (χ0) is 32.2. The quantitative estimate of drug-likeness (QED) is 0.215. The van der Waals surface area contributed by atoms with E-state index in [0.717, 1.165) is 35.2 Å². The molecule has 0 aliphatic carbocycles. The summed E-state index contributed by atoms with van der Waals surface area (Å²) < 4.78 is 67.3. The smallest absolute Gasteiger partial charge is 0.383 e. The molecule has 45 heavy (non-hydrogen) atoms. The van der Waals surface area contributed by atoms with Crippen molar-refractivity contribution in [1.29, 1.82) is 5.26 Å². The molecule has 0 bridgehead atoms. The van der Waals surface area contributed by atoms with E-state index in [9.17, 15) is 14.9 Å². The van der Waals surface area contributed by atoms with Gasteiger partial charge in [0, 0.05) is 67.3 Å². The Balaban J connectivity index is 1.70. The maximum atomic E-state index is 15.1. The summed E-state index contributed by atoms with van der Waals surface area (Å²) in [5, 5.41) is 13.4. The number of hydrogen-bond donors (Lipinski definition) is 1. The number of nitrogens with one attached hydrogen (secondary N) is 1. The van der Waals surface area contributed by atoms with Gasteiger partial charge in [0.25, 0.3) is 0 Å².